The molecule has 3 aromatic rings. The summed E-state index contributed by atoms with van der Waals surface area (Å²) in [6.45, 7) is 0.436. The Hall–Kier alpha value is -3.45. The minimum atomic E-state index is -4.50. The molecule has 2 atom stereocenters. The van der Waals surface area contributed by atoms with Crippen LogP contribution in [-0.4, -0.2) is 34.1 Å². The van der Waals surface area contributed by atoms with E-state index >= 15 is 0 Å². The van der Waals surface area contributed by atoms with Crippen LogP contribution in [-0.2, 0) is 4.79 Å². The minimum absolute atomic E-state index is 0.0264. The second-order valence-corrected chi connectivity index (χ2v) is 8.48. The number of halogens is 3. The van der Waals surface area contributed by atoms with E-state index < -0.39 is 18.8 Å². The van der Waals surface area contributed by atoms with Gasteiger partial charge in [0, 0.05) is 11.1 Å². The number of nitriles is 1. The third kappa shape index (κ3) is 4.57. The first-order valence-corrected chi connectivity index (χ1v) is 10.4. The predicted octanol–water partition coefficient (Wildman–Crippen LogP) is 5.18. The molecule has 10 heteroatoms. The zero-order chi connectivity index (χ0) is 23.0. The summed E-state index contributed by atoms with van der Waals surface area (Å²) in [5.74, 6) is -1.22. The number of carbonyl (C=O) groups is 1. The standard InChI is InChI=1S/C22H16F3N3O3S/c1-11-6-12(16-8-17(16)21(29)30)2-4-15(11)20-28-27-19(32-20)13-3-5-18(14(7-13)9-26)31-10-22(23,24)25/h2-7,16-17H,8,10H2,1H3,(H,29,30). The van der Waals surface area contributed by atoms with Crippen molar-refractivity contribution < 1.29 is 27.8 Å². The summed E-state index contributed by atoms with van der Waals surface area (Å²) < 4.78 is 41.9. The maximum Gasteiger partial charge on any atom is 0.422 e. The molecule has 32 heavy (non-hydrogen) atoms. The molecule has 6 nitrogen and oxygen atoms in total. The van der Waals surface area contributed by atoms with E-state index in [1.165, 1.54) is 29.5 Å². The number of nitrogens with zero attached hydrogens (tertiary/aromatic N) is 3. The number of carboxylic acid groups (broad SMARTS) is 1. The van der Waals surface area contributed by atoms with Crippen LogP contribution in [0.4, 0.5) is 13.2 Å². The van der Waals surface area contributed by atoms with E-state index in [1.54, 1.807) is 0 Å². The van der Waals surface area contributed by atoms with Crippen molar-refractivity contribution in [1.29, 1.82) is 5.26 Å². The van der Waals surface area contributed by atoms with Crippen LogP contribution in [0.15, 0.2) is 36.4 Å². The molecule has 0 saturated heterocycles. The molecule has 1 fully saturated rings. The molecule has 1 aromatic heterocycles. The Morgan fingerprint density at radius 2 is 2.00 bits per heavy atom. The number of hydrogen-bond acceptors (Lipinski definition) is 6. The van der Waals surface area contributed by atoms with Crippen LogP contribution < -0.4 is 4.74 Å². The van der Waals surface area contributed by atoms with E-state index in [1.807, 2.05) is 31.2 Å². The average molecular weight is 459 g/mol. The fourth-order valence-corrected chi connectivity index (χ4v) is 4.41. The van der Waals surface area contributed by atoms with Gasteiger partial charge in [0.1, 0.15) is 21.8 Å². The number of aromatic nitrogens is 2. The van der Waals surface area contributed by atoms with Gasteiger partial charge in [-0.1, -0.05) is 29.5 Å². The molecule has 1 saturated carbocycles. The van der Waals surface area contributed by atoms with Gasteiger partial charge < -0.3 is 9.84 Å². The third-order valence-electron chi connectivity index (χ3n) is 5.18. The zero-order valence-electron chi connectivity index (χ0n) is 16.7. The highest BCUT2D eigenvalue weighted by Gasteiger charge is 2.44. The van der Waals surface area contributed by atoms with Crippen molar-refractivity contribution >= 4 is 17.3 Å². The SMILES string of the molecule is Cc1cc(C2CC2C(=O)O)ccc1-c1nnc(-c2ccc(OCC(F)(F)F)c(C#N)c2)s1. The molecular formula is C22H16F3N3O3S. The third-order valence-corrected chi connectivity index (χ3v) is 6.19. The lowest BCUT2D eigenvalue weighted by molar-refractivity contribution is -0.153. The Bertz CT molecular complexity index is 1230. The molecule has 0 bridgehead atoms. The highest BCUT2D eigenvalue weighted by Crippen LogP contribution is 2.48. The number of aryl methyl sites for hydroxylation is 1. The van der Waals surface area contributed by atoms with E-state index in [0.29, 0.717) is 22.0 Å². The maximum atomic E-state index is 12.4. The van der Waals surface area contributed by atoms with Crippen LogP contribution >= 0.6 is 11.3 Å². The lowest BCUT2D eigenvalue weighted by Gasteiger charge is -2.10. The van der Waals surface area contributed by atoms with Gasteiger partial charge in [0.25, 0.3) is 0 Å². The normalized spacial score (nSPS) is 17.6. The van der Waals surface area contributed by atoms with E-state index in [0.717, 1.165) is 16.7 Å². The van der Waals surface area contributed by atoms with Crippen LogP contribution in [0.3, 0.4) is 0 Å². The molecule has 0 aliphatic heterocycles. The molecule has 4 rings (SSSR count). The Labute approximate surface area is 184 Å². The molecule has 164 valence electrons. The van der Waals surface area contributed by atoms with Crippen LogP contribution in [0.2, 0.25) is 0 Å². The quantitative estimate of drug-likeness (QED) is 0.546. The second-order valence-electron chi connectivity index (χ2n) is 7.50. The molecule has 1 aliphatic rings. The van der Waals surface area contributed by atoms with Crippen molar-refractivity contribution in [3.8, 4) is 33.0 Å². The van der Waals surface area contributed by atoms with Crippen molar-refractivity contribution in [2.24, 2.45) is 5.92 Å². The van der Waals surface area contributed by atoms with E-state index in [4.69, 9.17) is 9.84 Å². The van der Waals surface area contributed by atoms with Crippen molar-refractivity contribution in [2.45, 2.75) is 25.4 Å². The lowest BCUT2D eigenvalue weighted by Crippen LogP contribution is -2.19. The predicted molar refractivity (Wildman–Crippen MR) is 110 cm³/mol. The van der Waals surface area contributed by atoms with E-state index in [9.17, 15) is 23.2 Å². The first-order valence-electron chi connectivity index (χ1n) is 9.57. The zero-order valence-corrected chi connectivity index (χ0v) is 17.5. The fraction of sp³-hybridized carbons (Fsp3) is 0.273. The number of rotatable bonds is 6. The van der Waals surface area contributed by atoms with Gasteiger partial charge in [-0.15, -0.1) is 10.2 Å². The van der Waals surface area contributed by atoms with Gasteiger partial charge in [0.15, 0.2) is 6.61 Å². The summed E-state index contributed by atoms with van der Waals surface area (Å²) in [6.07, 6.45) is -3.86. The van der Waals surface area contributed by atoms with Crippen LogP contribution in [0.1, 0.15) is 29.0 Å². The van der Waals surface area contributed by atoms with Crippen LogP contribution in [0.5, 0.6) is 5.75 Å². The van der Waals surface area contributed by atoms with Crippen LogP contribution in [0.25, 0.3) is 21.1 Å². The lowest BCUT2D eigenvalue weighted by atomic mass is 10.0. The van der Waals surface area contributed by atoms with Gasteiger partial charge in [0.2, 0.25) is 0 Å². The summed E-state index contributed by atoms with van der Waals surface area (Å²) >= 11 is 1.28. The van der Waals surface area contributed by atoms with Gasteiger partial charge in [-0.05, 0) is 48.6 Å². The van der Waals surface area contributed by atoms with Crippen molar-refractivity contribution in [2.75, 3.05) is 6.61 Å². The highest BCUT2D eigenvalue weighted by atomic mass is 32.1. The maximum absolute atomic E-state index is 12.4. The van der Waals surface area contributed by atoms with Crippen molar-refractivity contribution in [3.05, 3.63) is 53.1 Å². The first kappa shape index (κ1) is 21.8. The Balaban J connectivity index is 1.55. The number of hydrogen-bond donors (Lipinski definition) is 1. The Kier molecular flexibility index (Phi) is 5.60. The summed E-state index contributed by atoms with van der Waals surface area (Å²) in [4.78, 5) is 11.1. The molecule has 1 aliphatic carbocycles. The molecule has 1 N–H and O–H groups in total. The minimum Gasteiger partial charge on any atom is -0.483 e. The topological polar surface area (TPSA) is 96.1 Å². The van der Waals surface area contributed by atoms with Gasteiger partial charge in [-0.3, -0.25) is 4.79 Å². The molecule has 0 radical (unpaired) electrons. The summed E-state index contributed by atoms with van der Waals surface area (Å²) in [5.41, 5.74) is 3.30. The smallest absolute Gasteiger partial charge is 0.422 e. The molecule has 2 aromatic carbocycles. The molecule has 2 unspecified atom stereocenters. The number of carboxylic acids is 1. The van der Waals surface area contributed by atoms with Crippen molar-refractivity contribution in [1.82, 2.24) is 10.2 Å². The first-order chi connectivity index (χ1) is 15.2. The number of benzene rings is 2. The van der Waals surface area contributed by atoms with Gasteiger partial charge >= 0.3 is 12.1 Å². The van der Waals surface area contributed by atoms with E-state index in [2.05, 4.69) is 10.2 Å². The van der Waals surface area contributed by atoms with Gasteiger partial charge in [-0.2, -0.15) is 18.4 Å². The molecule has 0 amide bonds. The highest BCUT2D eigenvalue weighted by molar-refractivity contribution is 7.17. The van der Waals surface area contributed by atoms with Gasteiger partial charge in [-0.25, -0.2) is 0 Å². The summed E-state index contributed by atoms with van der Waals surface area (Å²) in [7, 11) is 0. The molecular weight excluding hydrogens is 443 g/mol. The number of aliphatic carboxylic acids is 1. The number of alkyl halides is 3. The number of ether oxygens (including phenoxy) is 1. The van der Waals surface area contributed by atoms with Crippen molar-refractivity contribution in [3.63, 3.8) is 0 Å². The summed E-state index contributed by atoms with van der Waals surface area (Å²) in [5, 5.41) is 27.9. The Morgan fingerprint density at radius 1 is 1.25 bits per heavy atom. The van der Waals surface area contributed by atoms with E-state index in [-0.39, 0.29) is 23.1 Å². The van der Waals surface area contributed by atoms with Gasteiger partial charge in [0.05, 0.1) is 11.5 Å². The second kappa shape index (κ2) is 8.24. The molecule has 1 heterocycles. The summed E-state index contributed by atoms with van der Waals surface area (Å²) in [6, 6.07) is 11.9. The fourth-order valence-electron chi connectivity index (χ4n) is 3.48. The monoisotopic (exact) mass is 459 g/mol. The van der Waals surface area contributed by atoms with Crippen LogP contribution in [0, 0.1) is 24.2 Å². The Morgan fingerprint density at radius 3 is 2.62 bits per heavy atom. The average Bonchev–Trinajstić information content (AvgIpc) is 3.41. The largest absolute Gasteiger partial charge is 0.483 e. The molecule has 0 spiro atoms.